The molecule has 0 spiro atoms. The number of aryl methyl sites for hydroxylation is 2. The Hall–Kier alpha value is -2.48. The summed E-state index contributed by atoms with van der Waals surface area (Å²) in [5, 5.41) is 12.4. The van der Waals surface area contributed by atoms with Crippen LogP contribution in [0.1, 0.15) is 16.7 Å². The van der Waals surface area contributed by atoms with Crippen LogP contribution in [0.2, 0.25) is 10.0 Å². The highest BCUT2D eigenvalue weighted by molar-refractivity contribution is 8.18. The highest BCUT2D eigenvalue weighted by atomic mass is 35.5. The van der Waals surface area contributed by atoms with Crippen molar-refractivity contribution in [1.29, 1.82) is 0 Å². The number of thioether (sulfide) groups is 1. The smallest absolute Gasteiger partial charge is 0.294 e. The molecule has 1 aliphatic rings. The number of hydrogen-bond acceptors (Lipinski definition) is 5. The van der Waals surface area contributed by atoms with E-state index in [2.05, 4.69) is 5.32 Å². The van der Waals surface area contributed by atoms with Crippen molar-refractivity contribution in [2.24, 2.45) is 0 Å². The first kappa shape index (κ1) is 21.2. The summed E-state index contributed by atoms with van der Waals surface area (Å²) in [6, 6.07) is 8.21. The number of halogens is 2. The van der Waals surface area contributed by atoms with Gasteiger partial charge in [0.15, 0.2) is 0 Å². The van der Waals surface area contributed by atoms with Crippen LogP contribution in [0.15, 0.2) is 35.2 Å². The molecule has 3 amide bonds. The Morgan fingerprint density at radius 3 is 2.59 bits per heavy atom. The number of phenols is 1. The summed E-state index contributed by atoms with van der Waals surface area (Å²) in [6.07, 6.45) is 1.32. The molecule has 0 bridgehead atoms. The second-order valence-corrected chi connectivity index (χ2v) is 8.28. The van der Waals surface area contributed by atoms with E-state index >= 15 is 0 Å². The maximum atomic E-state index is 12.6. The summed E-state index contributed by atoms with van der Waals surface area (Å²) in [5.74, 6) is -1.38. The fraction of sp³-hybridized carbons (Fsp3) is 0.150. The highest BCUT2D eigenvalue weighted by Crippen LogP contribution is 2.37. The maximum absolute atomic E-state index is 12.6. The van der Waals surface area contributed by atoms with Crippen molar-refractivity contribution < 1.29 is 19.5 Å². The summed E-state index contributed by atoms with van der Waals surface area (Å²) >= 11 is 12.5. The molecule has 0 aliphatic carbocycles. The van der Waals surface area contributed by atoms with Gasteiger partial charge >= 0.3 is 0 Å². The minimum absolute atomic E-state index is 0.0238. The van der Waals surface area contributed by atoms with Gasteiger partial charge in [0.2, 0.25) is 5.91 Å². The van der Waals surface area contributed by atoms with E-state index in [0.717, 1.165) is 16.0 Å². The third-order valence-corrected chi connectivity index (χ3v) is 5.72. The van der Waals surface area contributed by atoms with Crippen LogP contribution in [-0.2, 0) is 9.59 Å². The van der Waals surface area contributed by atoms with Crippen molar-refractivity contribution in [3.63, 3.8) is 0 Å². The molecule has 3 rings (SSSR count). The number of imide groups is 1. The minimum atomic E-state index is -0.634. The van der Waals surface area contributed by atoms with Crippen molar-refractivity contribution >= 4 is 63.8 Å². The fourth-order valence-electron chi connectivity index (χ4n) is 2.64. The molecule has 1 aliphatic heterocycles. The van der Waals surface area contributed by atoms with E-state index in [4.69, 9.17) is 23.2 Å². The average molecular weight is 451 g/mol. The van der Waals surface area contributed by atoms with E-state index < -0.39 is 23.6 Å². The number of hydrogen-bond donors (Lipinski definition) is 2. The van der Waals surface area contributed by atoms with E-state index in [-0.39, 0.29) is 26.3 Å². The summed E-state index contributed by atoms with van der Waals surface area (Å²) in [7, 11) is 0. The first-order valence-corrected chi connectivity index (χ1v) is 10.0. The van der Waals surface area contributed by atoms with Crippen LogP contribution in [0.4, 0.5) is 10.5 Å². The molecule has 1 saturated heterocycles. The van der Waals surface area contributed by atoms with Crippen molar-refractivity contribution in [1.82, 2.24) is 4.90 Å². The van der Waals surface area contributed by atoms with Crippen LogP contribution in [0.5, 0.6) is 5.75 Å². The second kappa shape index (κ2) is 8.49. The zero-order chi connectivity index (χ0) is 21.3. The third kappa shape index (κ3) is 4.75. The number of rotatable bonds is 4. The standard InChI is InChI=1S/C20H16Cl2N2O4S/c1-10-3-4-14(5-11(10)2)23-17(25)9-24-19(27)16(29-20(24)28)7-12-6-13(21)8-15(22)18(12)26/h3-8,26H,9H2,1-2H3,(H,23,25)/b16-7-. The molecular formula is C20H16Cl2N2O4S. The van der Waals surface area contributed by atoms with Crippen LogP contribution in [0.3, 0.4) is 0 Å². The number of nitrogens with one attached hydrogen (secondary N) is 1. The highest BCUT2D eigenvalue weighted by Gasteiger charge is 2.36. The molecule has 29 heavy (non-hydrogen) atoms. The second-order valence-electron chi connectivity index (χ2n) is 6.44. The van der Waals surface area contributed by atoms with Crippen LogP contribution < -0.4 is 5.32 Å². The lowest BCUT2D eigenvalue weighted by Gasteiger charge is -2.13. The number of nitrogens with zero attached hydrogens (tertiary/aromatic N) is 1. The van der Waals surface area contributed by atoms with E-state index in [1.807, 2.05) is 26.0 Å². The number of carbonyl (C=O) groups excluding carboxylic acids is 3. The first-order chi connectivity index (χ1) is 13.7. The first-order valence-electron chi connectivity index (χ1n) is 8.46. The van der Waals surface area contributed by atoms with Gasteiger partial charge in [-0.1, -0.05) is 29.3 Å². The number of benzene rings is 2. The quantitative estimate of drug-likeness (QED) is 0.640. The Morgan fingerprint density at radius 2 is 1.90 bits per heavy atom. The van der Waals surface area contributed by atoms with E-state index in [9.17, 15) is 19.5 Å². The molecule has 1 heterocycles. The van der Waals surface area contributed by atoms with Gasteiger partial charge in [0.25, 0.3) is 11.1 Å². The van der Waals surface area contributed by atoms with Gasteiger partial charge in [-0.15, -0.1) is 0 Å². The van der Waals surface area contributed by atoms with Gasteiger partial charge in [-0.05, 0) is 67.1 Å². The van der Waals surface area contributed by atoms with Crippen LogP contribution in [-0.4, -0.2) is 33.6 Å². The molecular weight excluding hydrogens is 435 g/mol. The van der Waals surface area contributed by atoms with Gasteiger partial charge in [-0.3, -0.25) is 19.3 Å². The number of anilines is 1. The normalized spacial score (nSPS) is 15.3. The lowest BCUT2D eigenvalue weighted by Crippen LogP contribution is -2.36. The van der Waals surface area contributed by atoms with E-state index in [1.54, 1.807) is 6.07 Å². The predicted octanol–water partition coefficient (Wildman–Crippen LogP) is 4.99. The summed E-state index contributed by atoms with van der Waals surface area (Å²) in [6.45, 7) is 3.46. The van der Waals surface area contributed by atoms with Crippen LogP contribution in [0, 0.1) is 13.8 Å². The van der Waals surface area contributed by atoms with Crippen LogP contribution in [0.25, 0.3) is 6.08 Å². The molecule has 0 radical (unpaired) electrons. The summed E-state index contributed by atoms with van der Waals surface area (Å²) in [4.78, 5) is 38.0. The lowest BCUT2D eigenvalue weighted by atomic mass is 10.1. The van der Waals surface area contributed by atoms with Gasteiger partial charge < -0.3 is 10.4 Å². The predicted molar refractivity (Wildman–Crippen MR) is 115 cm³/mol. The topological polar surface area (TPSA) is 86.7 Å². The fourth-order valence-corrected chi connectivity index (χ4v) is 3.98. The molecule has 0 unspecified atom stereocenters. The van der Waals surface area contributed by atoms with Gasteiger partial charge in [0.05, 0.1) is 9.93 Å². The zero-order valence-corrected chi connectivity index (χ0v) is 17.8. The summed E-state index contributed by atoms with van der Waals surface area (Å²) in [5.41, 5.74) is 2.88. The van der Waals surface area contributed by atoms with Crippen molar-refractivity contribution in [2.45, 2.75) is 13.8 Å². The Bertz CT molecular complexity index is 1070. The number of carbonyl (C=O) groups is 3. The van der Waals surface area contributed by atoms with E-state index in [1.165, 1.54) is 18.2 Å². The maximum Gasteiger partial charge on any atom is 0.294 e. The van der Waals surface area contributed by atoms with E-state index in [0.29, 0.717) is 17.4 Å². The Labute approximate surface area is 181 Å². The van der Waals surface area contributed by atoms with Gasteiger partial charge in [-0.2, -0.15) is 0 Å². The number of phenolic OH excluding ortho intramolecular Hbond substituents is 1. The molecule has 0 saturated carbocycles. The molecule has 150 valence electrons. The minimum Gasteiger partial charge on any atom is -0.506 e. The van der Waals surface area contributed by atoms with Crippen molar-refractivity contribution in [2.75, 3.05) is 11.9 Å². The Kier molecular flexibility index (Phi) is 6.21. The Balaban J connectivity index is 1.75. The van der Waals surface area contributed by atoms with Gasteiger partial charge in [0.1, 0.15) is 12.3 Å². The van der Waals surface area contributed by atoms with Crippen molar-refractivity contribution in [3.05, 3.63) is 62.0 Å². The largest absolute Gasteiger partial charge is 0.506 e. The monoisotopic (exact) mass is 450 g/mol. The van der Waals surface area contributed by atoms with Gasteiger partial charge in [-0.25, -0.2) is 0 Å². The number of aromatic hydroxyl groups is 1. The molecule has 2 N–H and O–H groups in total. The molecule has 2 aromatic rings. The third-order valence-electron chi connectivity index (χ3n) is 4.31. The molecule has 9 heteroatoms. The average Bonchev–Trinajstić information content (AvgIpc) is 2.90. The SMILES string of the molecule is Cc1ccc(NC(=O)CN2C(=O)S/C(=C\c3cc(Cl)cc(Cl)c3O)C2=O)cc1C. The van der Waals surface area contributed by atoms with Crippen molar-refractivity contribution in [3.8, 4) is 5.75 Å². The van der Waals surface area contributed by atoms with Gasteiger partial charge in [0, 0.05) is 16.3 Å². The summed E-state index contributed by atoms with van der Waals surface area (Å²) < 4.78 is 0. The zero-order valence-electron chi connectivity index (χ0n) is 15.5. The lowest BCUT2D eigenvalue weighted by molar-refractivity contribution is -0.127. The molecule has 0 atom stereocenters. The number of amides is 3. The molecule has 0 aromatic heterocycles. The molecule has 6 nitrogen and oxygen atoms in total. The molecule has 1 fully saturated rings. The van der Waals surface area contributed by atoms with Crippen LogP contribution >= 0.6 is 35.0 Å². The Morgan fingerprint density at radius 1 is 1.17 bits per heavy atom. The molecule has 2 aromatic carbocycles.